The van der Waals surface area contributed by atoms with E-state index in [0.717, 1.165) is 9.37 Å². The number of hydrogen-bond donors (Lipinski definition) is 0. The molecule has 20 heavy (non-hydrogen) atoms. The number of Topliss-reactive ketones (excluding diaryl/α,β-unsaturated/α-hetero) is 1. The van der Waals surface area contributed by atoms with Crippen molar-refractivity contribution in [1.82, 2.24) is 0 Å². The summed E-state index contributed by atoms with van der Waals surface area (Å²) in [5.74, 6) is 0.872. The Bertz CT molecular complexity index is 631. The van der Waals surface area contributed by atoms with Crippen molar-refractivity contribution in [2.75, 3.05) is 12.9 Å². The van der Waals surface area contributed by atoms with Crippen LogP contribution in [0.1, 0.15) is 10.4 Å². The van der Waals surface area contributed by atoms with E-state index in [0.29, 0.717) is 22.1 Å². The molecule has 0 amide bonds. The van der Waals surface area contributed by atoms with Crippen molar-refractivity contribution in [3.05, 3.63) is 57.5 Å². The Morgan fingerprint density at radius 1 is 1.30 bits per heavy atom. The van der Waals surface area contributed by atoms with E-state index in [9.17, 15) is 4.79 Å². The Morgan fingerprint density at radius 3 is 2.75 bits per heavy atom. The fraction of sp³-hybridized carbons (Fsp3) is 0.133. The fourth-order valence-corrected chi connectivity index (χ4v) is 3.30. The van der Waals surface area contributed by atoms with Gasteiger partial charge in [0.2, 0.25) is 0 Å². The van der Waals surface area contributed by atoms with Gasteiger partial charge in [-0.25, -0.2) is 0 Å². The van der Waals surface area contributed by atoms with E-state index in [4.69, 9.17) is 16.3 Å². The van der Waals surface area contributed by atoms with Gasteiger partial charge in [0.05, 0.1) is 18.4 Å². The Kier molecular flexibility index (Phi) is 5.52. The summed E-state index contributed by atoms with van der Waals surface area (Å²) in [6.45, 7) is 0. The zero-order chi connectivity index (χ0) is 14.5. The van der Waals surface area contributed by atoms with Crippen LogP contribution in [-0.2, 0) is 0 Å². The van der Waals surface area contributed by atoms with Gasteiger partial charge in [-0.05, 0) is 46.3 Å². The third-order valence-corrected chi connectivity index (χ3v) is 4.92. The first-order valence-corrected chi connectivity index (χ1v) is 8.01. The van der Waals surface area contributed by atoms with E-state index in [1.807, 2.05) is 24.3 Å². The van der Waals surface area contributed by atoms with Gasteiger partial charge in [-0.15, -0.1) is 11.8 Å². The van der Waals surface area contributed by atoms with Crippen molar-refractivity contribution >= 4 is 45.1 Å². The van der Waals surface area contributed by atoms with Crippen LogP contribution in [0.15, 0.2) is 51.8 Å². The minimum Gasteiger partial charge on any atom is -0.496 e. The third-order valence-electron chi connectivity index (χ3n) is 2.66. The Balaban J connectivity index is 2.13. The van der Waals surface area contributed by atoms with Gasteiger partial charge in [-0.1, -0.05) is 23.7 Å². The van der Waals surface area contributed by atoms with Crippen LogP contribution < -0.4 is 4.74 Å². The monoisotopic (exact) mass is 370 g/mol. The molecule has 0 heterocycles. The molecule has 0 fully saturated rings. The van der Waals surface area contributed by atoms with Crippen molar-refractivity contribution in [3.63, 3.8) is 0 Å². The topological polar surface area (TPSA) is 26.3 Å². The van der Waals surface area contributed by atoms with Gasteiger partial charge in [0.15, 0.2) is 5.78 Å². The van der Waals surface area contributed by atoms with E-state index in [2.05, 4.69) is 15.9 Å². The molecule has 5 heteroatoms. The predicted molar refractivity (Wildman–Crippen MR) is 87.2 cm³/mol. The number of methoxy groups -OCH3 is 1. The summed E-state index contributed by atoms with van der Waals surface area (Å²) in [7, 11) is 1.54. The summed E-state index contributed by atoms with van der Waals surface area (Å²) >= 11 is 10.9. The van der Waals surface area contributed by atoms with Gasteiger partial charge in [0.25, 0.3) is 0 Å². The van der Waals surface area contributed by atoms with Crippen LogP contribution in [0, 0.1) is 0 Å². The predicted octanol–water partition coefficient (Wildman–Crippen LogP) is 5.09. The van der Waals surface area contributed by atoms with Gasteiger partial charge in [-0.3, -0.25) is 4.79 Å². The zero-order valence-electron chi connectivity index (χ0n) is 10.7. The highest BCUT2D eigenvalue weighted by Gasteiger charge is 2.14. The van der Waals surface area contributed by atoms with Crippen LogP contribution in [0.5, 0.6) is 5.75 Å². The van der Waals surface area contributed by atoms with Crippen LogP contribution in [0.25, 0.3) is 0 Å². The molecule has 0 bridgehead atoms. The summed E-state index contributed by atoms with van der Waals surface area (Å²) in [4.78, 5) is 13.3. The molecule has 0 atom stereocenters. The standard InChI is InChI=1S/C15H12BrClO2S/c1-19-14-7-6-10(17)8-11(14)13(18)9-20-15-5-3-2-4-12(15)16/h2-8H,9H2,1H3. The normalized spacial score (nSPS) is 10.3. The maximum absolute atomic E-state index is 12.3. The Morgan fingerprint density at radius 2 is 2.05 bits per heavy atom. The van der Waals surface area contributed by atoms with Crippen LogP contribution in [-0.4, -0.2) is 18.6 Å². The quantitative estimate of drug-likeness (QED) is 0.541. The minimum absolute atomic E-state index is 0.00916. The lowest BCUT2D eigenvalue weighted by Gasteiger charge is -2.08. The summed E-state index contributed by atoms with van der Waals surface area (Å²) < 4.78 is 6.18. The second-order valence-corrected chi connectivity index (χ2v) is 6.29. The van der Waals surface area contributed by atoms with Crippen molar-refractivity contribution in [2.45, 2.75) is 4.90 Å². The van der Waals surface area contributed by atoms with Gasteiger partial charge in [0, 0.05) is 14.4 Å². The van der Waals surface area contributed by atoms with Crippen molar-refractivity contribution in [3.8, 4) is 5.75 Å². The molecule has 0 saturated heterocycles. The molecule has 0 aliphatic rings. The second-order valence-electron chi connectivity index (χ2n) is 3.99. The van der Waals surface area contributed by atoms with Crippen LogP contribution in [0.2, 0.25) is 5.02 Å². The number of carbonyl (C=O) groups excluding carboxylic acids is 1. The van der Waals surface area contributed by atoms with Gasteiger partial charge < -0.3 is 4.74 Å². The highest BCUT2D eigenvalue weighted by Crippen LogP contribution is 2.29. The number of benzene rings is 2. The van der Waals surface area contributed by atoms with E-state index in [-0.39, 0.29) is 5.78 Å². The lowest BCUT2D eigenvalue weighted by Crippen LogP contribution is -2.05. The molecule has 2 nitrogen and oxygen atoms in total. The van der Waals surface area contributed by atoms with Crippen molar-refractivity contribution in [2.24, 2.45) is 0 Å². The maximum Gasteiger partial charge on any atom is 0.176 e. The zero-order valence-corrected chi connectivity index (χ0v) is 13.9. The lowest BCUT2D eigenvalue weighted by atomic mass is 10.1. The van der Waals surface area contributed by atoms with Crippen molar-refractivity contribution in [1.29, 1.82) is 0 Å². The Hall–Kier alpha value is -0.970. The largest absolute Gasteiger partial charge is 0.496 e. The molecule has 0 saturated carbocycles. The number of ether oxygens (including phenoxy) is 1. The number of thioether (sulfide) groups is 1. The number of halogens is 2. The average molecular weight is 372 g/mol. The highest BCUT2D eigenvalue weighted by atomic mass is 79.9. The van der Waals surface area contributed by atoms with Crippen LogP contribution in [0.4, 0.5) is 0 Å². The summed E-state index contributed by atoms with van der Waals surface area (Å²) in [5, 5.41) is 0.528. The highest BCUT2D eigenvalue weighted by molar-refractivity contribution is 9.10. The molecule has 2 aromatic rings. The molecule has 104 valence electrons. The number of rotatable bonds is 5. The summed E-state index contributed by atoms with van der Waals surface area (Å²) in [6, 6.07) is 12.9. The van der Waals surface area contributed by atoms with E-state index < -0.39 is 0 Å². The number of carbonyl (C=O) groups is 1. The first kappa shape index (κ1) is 15.4. The third kappa shape index (κ3) is 3.78. The molecule has 0 spiro atoms. The van der Waals surface area contributed by atoms with Gasteiger partial charge >= 0.3 is 0 Å². The van der Waals surface area contributed by atoms with Crippen molar-refractivity contribution < 1.29 is 9.53 Å². The first-order chi connectivity index (χ1) is 9.61. The van der Waals surface area contributed by atoms with E-state index >= 15 is 0 Å². The SMILES string of the molecule is COc1ccc(Cl)cc1C(=O)CSc1ccccc1Br. The molecular formula is C15H12BrClO2S. The maximum atomic E-state index is 12.3. The Labute approximate surface area is 135 Å². The van der Waals surface area contributed by atoms with Gasteiger partial charge in [-0.2, -0.15) is 0 Å². The smallest absolute Gasteiger partial charge is 0.176 e. The molecule has 0 aromatic heterocycles. The molecule has 0 N–H and O–H groups in total. The van der Waals surface area contributed by atoms with E-state index in [1.165, 1.54) is 11.8 Å². The van der Waals surface area contributed by atoms with E-state index in [1.54, 1.807) is 25.3 Å². The molecule has 0 aliphatic carbocycles. The molecule has 2 aromatic carbocycles. The van der Waals surface area contributed by atoms with Crippen LogP contribution >= 0.6 is 39.3 Å². The summed E-state index contributed by atoms with van der Waals surface area (Å²) in [6.07, 6.45) is 0. The first-order valence-electron chi connectivity index (χ1n) is 5.86. The molecule has 2 rings (SSSR count). The molecule has 0 unspecified atom stereocenters. The molecular weight excluding hydrogens is 360 g/mol. The van der Waals surface area contributed by atoms with Gasteiger partial charge in [0.1, 0.15) is 5.75 Å². The summed E-state index contributed by atoms with van der Waals surface area (Å²) in [5.41, 5.74) is 0.513. The fourth-order valence-electron chi connectivity index (χ4n) is 1.68. The average Bonchev–Trinajstić information content (AvgIpc) is 2.46. The molecule has 0 radical (unpaired) electrons. The van der Waals surface area contributed by atoms with Crippen LogP contribution in [0.3, 0.4) is 0 Å². The molecule has 0 aliphatic heterocycles. The lowest BCUT2D eigenvalue weighted by molar-refractivity contribution is 0.101. The number of ketones is 1. The second kappa shape index (κ2) is 7.16. The number of hydrogen-bond acceptors (Lipinski definition) is 3. The minimum atomic E-state index is -0.00916.